The molecule has 2 amide bonds. The minimum atomic E-state index is -0.708. The SMILES string of the molecule is COC(=O)C(C)NC(=O)N[C@]1(C)CC[C@]2(C)CC[C@]3(C)C4=CC=C5C(=CC(=O)C(N)=C5C)[C@]4(C)CC[C@@]3(C)[C@@H]2C1. The lowest BCUT2D eigenvalue weighted by atomic mass is 9.35. The smallest absolute Gasteiger partial charge is 0.328 e. The van der Waals surface area contributed by atoms with Gasteiger partial charge >= 0.3 is 12.0 Å². The van der Waals surface area contributed by atoms with Crippen LogP contribution in [0, 0.1) is 27.6 Å². The van der Waals surface area contributed by atoms with Crippen LogP contribution in [0.4, 0.5) is 4.79 Å². The number of rotatable bonds is 3. The van der Waals surface area contributed by atoms with Crippen LogP contribution in [0.15, 0.2) is 46.2 Å². The number of urea groups is 1. The van der Waals surface area contributed by atoms with Crippen LogP contribution in [-0.2, 0) is 14.3 Å². The maximum atomic E-state index is 13.0. The highest BCUT2D eigenvalue weighted by molar-refractivity contribution is 6.07. The van der Waals surface area contributed by atoms with Gasteiger partial charge in [-0.05, 0) is 111 Å². The zero-order chi connectivity index (χ0) is 29.5. The van der Waals surface area contributed by atoms with E-state index in [1.807, 2.05) is 6.92 Å². The topological polar surface area (TPSA) is 111 Å². The summed E-state index contributed by atoms with van der Waals surface area (Å²) in [5.41, 5.74) is 10.7. The molecule has 0 aromatic heterocycles. The summed E-state index contributed by atoms with van der Waals surface area (Å²) < 4.78 is 4.77. The van der Waals surface area contributed by atoms with Crippen molar-refractivity contribution in [3.63, 3.8) is 0 Å². The van der Waals surface area contributed by atoms with Crippen molar-refractivity contribution >= 4 is 17.8 Å². The second-order valence-electron chi connectivity index (χ2n) is 14.5. The summed E-state index contributed by atoms with van der Waals surface area (Å²) in [6.45, 7) is 15.5. The second kappa shape index (κ2) is 9.09. The Balaban J connectivity index is 1.48. The summed E-state index contributed by atoms with van der Waals surface area (Å²) >= 11 is 0. The first-order chi connectivity index (χ1) is 18.5. The zero-order valence-electron chi connectivity index (χ0n) is 25.5. The number of ketones is 1. The van der Waals surface area contributed by atoms with Gasteiger partial charge in [-0.15, -0.1) is 0 Å². The van der Waals surface area contributed by atoms with Gasteiger partial charge in [0.05, 0.1) is 12.8 Å². The third-order valence-electron chi connectivity index (χ3n) is 12.3. The quantitative estimate of drug-likeness (QED) is 0.396. The van der Waals surface area contributed by atoms with E-state index in [1.165, 1.54) is 12.7 Å². The molecule has 3 fully saturated rings. The maximum absolute atomic E-state index is 13.0. The number of carbonyl (C=O) groups excluding carboxylic acids is 3. The molecule has 0 aromatic rings. The van der Waals surface area contributed by atoms with Crippen molar-refractivity contribution in [1.82, 2.24) is 10.6 Å². The number of nitrogens with one attached hydrogen (secondary N) is 2. The first-order valence-corrected chi connectivity index (χ1v) is 14.9. The molecule has 5 rings (SSSR count). The van der Waals surface area contributed by atoms with Crippen molar-refractivity contribution in [2.24, 2.45) is 33.3 Å². The highest BCUT2D eigenvalue weighted by Crippen LogP contribution is 2.75. The van der Waals surface area contributed by atoms with Crippen LogP contribution in [0.25, 0.3) is 0 Å². The number of nitrogens with two attached hydrogens (primary N) is 1. The van der Waals surface area contributed by atoms with Crippen LogP contribution < -0.4 is 16.4 Å². The maximum Gasteiger partial charge on any atom is 0.328 e. The van der Waals surface area contributed by atoms with Gasteiger partial charge < -0.3 is 21.1 Å². The van der Waals surface area contributed by atoms with Gasteiger partial charge in [0.15, 0.2) is 0 Å². The van der Waals surface area contributed by atoms with E-state index < -0.39 is 12.0 Å². The number of methoxy groups -OCH3 is 1. The first kappa shape index (κ1) is 28.7. The van der Waals surface area contributed by atoms with E-state index in [9.17, 15) is 14.4 Å². The molecule has 7 nitrogen and oxygen atoms in total. The normalized spacial score (nSPS) is 41.1. The molecule has 7 heteroatoms. The van der Waals surface area contributed by atoms with Crippen molar-refractivity contribution in [3.8, 4) is 0 Å². The van der Waals surface area contributed by atoms with Crippen molar-refractivity contribution in [2.75, 3.05) is 7.11 Å². The Morgan fingerprint density at radius 3 is 2.38 bits per heavy atom. The summed E-state index contributed by atoms with van der Waals surface area (Å²) in [6.07, 6.45) is 13.5. The minimum absolute atomic E-state index is 0.0268. The van der Waals surface area contributed by atoms with E-state index in [0.29, 0.717) is 11.6 Å². The molecule has 218 valence electrons. The Kier molecular flexibility index (Phi) is 6.52. The monoisotopic (exact) mass is 549 g/mol. The van der Waals surface area contributed by atoms with E-state index in [4.69, 9.17) is 10.5 Å². The molecule has 5 aliphatic rings. The highest BCUT2D eigenvalue weighted by atomic mass is 16.5. The highest BCUT2D eigenvalue weighted by Gasteiger charge is 2.66. The van der Waals surface area contributed by atoms with Gasteiger partial charge in [0.2, 0.25) is 5.78 Å². The Hall–Kier alpha value is -2.83. The fraction of sp³-hybridized carbons (Fsp3) is 0.667. The van der Waals surface area contributed by atoms with Crippen LogP contribution in [0.5, 0.6) is 0 Å². The molecular weight excluding hydrogens is 502 g/mol. The van der Waals surface area contributed by atoms with E-state index in [1.54, 1.807) is 13.0 Å². The molecular formula is C33H47N3O4. The third kappa shape index (κ3) is 3.93. The fourth-order valence-corrected chi connectivity index (χ4v) is 9.34. The average Bonchev–Trinajstić information content (AvgIpc) is 2.89. The molecule has 0 bridgehead atoms. The van der Waals surface area contributed by atoms with Gasteiger partial charge in [-0.25, -0.2) is 9.59 Å². The van der Waals surface area contributed by atoms with Crippen molar-refractivity contribution in [2.45, 2.75) is 105 Å². The summed E-state index contributed by atoms with van der Waals surface area (Å²) in [5.74, 6) is -0.125. The molecule has 7 atom stereocenters. The van der Waals surface area contributed by atoms with E-state index in [2.05, 4.69) is 57.4 Å². The number of amides is 2. The summed E-state index contributed by atoms with van der Waals surface area (Å²) in [6, 6.07) is -1.03. The van der Waals surface area contributed by atoms with Crippen LogP contribution in [0.3, 0.4) is 0 Å². The van der Waals surface area contributed by atoms with Gasteiger partial charge in [-0.1, -0.05) is 45.4 Å². The predicted molar refractivity (Wildman–Crippen MR) is 156 cm³/mol. The van der Waals surface area contributed by atoms with Crippen LogP contribution in [-0.4, -0.2) is 36.5 Å². The lowest BCUT2D eigenvalue weighted by molar-refractivity contribution is -0.152. The summed E-state index contributed by atoms with van der Waals surface area (Å²) in [4.78, 5) is 37.7. The third-order valence-corrected chi connectivity index (χ3v) is 12.3. The number of esters is 1. The van der Waals surface area contributed by atoms with Gasteiger partial charge in [-0.2, -0.15) is 0 Å². The van der Waals surface area contributed by atoms with Crippen LogP contribution in [0.2, 0.25) is 0 Å². The average molecular weight is 550 g/mol. The first-order valence-electron chi connectivity index (χ1n) is 14.9. The second-order valence-corrected chi connectivity index (χ2v) is 14.5. The number of hydrogen-bond donors (Lipinski definition) is 3. The minimum Gasteiger partial charge on any atom is -0.467 e. The molecule has 0 aliphatic heterocycles. The van der Waals surface area contributed by atoms with E-state index in [0.717, 1.165) is 61.7 Å². The Morgan fingerprint density at radius 1 is 1.02 bits per heavy atom. The molecule has 1 unspecified atom stereocenters. The molecule has 0 spiro atoms. The van der Waals surface area contributed by atoms with Gasteiger partial charge in [0.1, 0.15) is 6.04 Å². The zero-order valence-corrected chi connectivity index (χ0v) is 25.5. The molecule has 0 aromatic carbocycles. The lowest BCUT2D eigenvalue weighted by Crippen LogP contribution is -2.65. The van der Waals surface area contributed by atoms with E-state index >= 15 is 0 Å². The number of carbonyl (C=O) groups is 3. The standard InChI is InChI=1S/C33H47N3O4/c1-19-21-9-10-24-31(5,22(21)17-23(37)26(19)34)14-16-33(7)25-18-30(4,36-28(39)35-20(2)27(38)40-8)13-11-29(25,3)12-15-32(24,33)6/h9-10,17,20,25H,11-16,18,34H2,1-8H3,(H2,35,36,39)/t20?,25-,29-,30-,31+,32-,33+/m1/s1. The number of hydrogen-bond acceptors (Lipinski definition) is 5. The largest absolute Gasteiger partial charge is 0.467 e. The molecule has 40 heavy (non-hydrogen) atoms. The molecule has 3 saturated carbocycles. The van der Waals surface area contributed by atoms with Crippen molar-refractivity contribution in [3.05, 3.63) is 46.2 Å². The number of allylic oxidation sites excluding steroid dienone is 7. The molecule has 0 radical (unpaired) electrons. The van der Waals surface area contributed by atoms with Crippen molar-refractivity contribution < 1.29 is 19.1 Å². The summed E-state index contributed by atoms with van der Waals surface area (Å²) in [5, 5.41) is 6.00. The van der Waals surface area contributed by atoms with E-state index in [-0.39, 0.29) is 39.0 Å². The van der Waals surface area contributed by atoms with Gasteiger partial charge in [0.25, 0.3) is 0 Å². The Morgan fingerprint density at radius 2 is 1.70 bits per heavy atom. The fourth-order valence-electron chi connectivity index (χ4n) is 9.34. The Bertz CT molecular complexity index is 1310. The Labute approximate surface area is 239 Å². The lowest BCUT2D eigenvalue weighted by Gasteiger charge is -2.70. The van der Waals surface area contributed by atoms with Crippen molar-refractivity contribution in [1.29, 1.82) is 0 Å². The van der Waals surface area contributed by atoms with Gasteiger partial charge in [-0.3, -0.25) is 4.79 Å². The summed E-state index contributed by atoms with van der Waals surface area (Å²) in [7, 11) is 1.33. The molecule has 4 N–H and O–H groups in total. The number of fused-ring (bicyclic) bond motifs is 7. The van der Waals surface area contributed by atoms with Crippen LogP contribution >= 0.6 is 0 Å². The predicted octanol–water partition coefficient (Wildman–Crippen LogP) is 5.63. The molecule has 5 aliphatic carbocycles. The van der Waals surface area contributed by atoms with Crippen LogP contribution in [0.1, 0.15) is 93.4 Å². The molecule has 0 heterocycles. The molecule has 0 saturated heterocycles. The van der Waals surface area contributed by atoms with Gasteiger partial charge in [0, 0.05) is 11.0 Å². The number of ether oxygens (including phenoxy) is 1.